The van der Waals surface area contributed by atoms with E-state index in [0.717, 1.165) is 0 Å². The smallest absolute Gasteiger partial charge is 0.310 e. The van der Waals surface area contributed by atoms with E-state index in [1.807, 2.05) is 0 Å². The standard InChI is InChI=1S/C13H20O6/c1-3-18-12(16)8-5-9(14)11(15)7-4-6(2)19-13(17)10(7)8/h6-11,14-15H,3-5H2,1-2H3/t6-,7+,8-,9?,10-,11-/m1/s1. The maximum atomic E-state index is 12.0. The Bertz CT molecular complexity index is 368. The van der Waals surface area contributed by atoms with Gasteiger partial charge in [0.15, 0.2) is 0 Å². The fourth-order valence-corrected chi connectivity index (χ4v) is 3.17. The second-order valence-corrected chi connectivity index (χ2v) is 5.33. The van der Waals surface area contributed by atoms with Gasteiger partial charge in [-0.1, -0.05) is 0 Å². The van der Waals surface area contributed by atoms with Gasteiger partial charge in [0.2, 0.25) is 0 Å². The minimum Gasteiger partial charge on any atom is -0.466 e. The Morgan fingerprint density at radius 1 is 1.42 bits per heavy atom. The highest BCUT2D eigenvalue weighted by Crippen LogP contribution is 2.42. The number of ether oxygens (including phenoxy) is 2. The number of cyclic esters (lactones) is 1. The van der Waals surface area contributed by atoms with E-state index < -0.39 is 41.9 Å². The van der Waals surface area contributed by atoms with Gasteiger partial charge in [-0.15, -0.1) is 0 Å². The highest BCUT2D eigenvalue weighted by Gasteiger charge is 2.53. The monoisotopic (exact) mass is 272 g/mol. The molecule has 2 rings (SSSR count). The Morgan fingerprint density at radius 3 is 2.74 bits per heavy atom. The zero-order valence-electron chi connectivity index (χ0n) is 11.1. The lowest BCUT2D eigenvalue weighted by Gasteiger charge is -2.44. The van der Waals surface area contributed by atoms with Gasteiger partial charge in [-0.2, -0.15) is 0 Å². The van der Waals surface area contributed by atoms with Crippen LogP contribution in [0.4, 0.5) is 0 Å². The first-order chi connectivity index (χ1) is 8.95. The minimum atomic E-state index is -1.01. The van der Waals surface area contributed by atoms with Crippen molar-refractivity contribution < 1.29 is 29.3 Å². The van der Waals surface area contributed by atoms with Crippen LogP contribution in [0.5, 0.6) is 0 Å². The second-order valence-electron chi connectivity index (χ2n) is 5.33. The van der Waals surface area contributed by atoms with E-state index in [9.17, 15) is 19.8 Å². The zero-order chi connectivity index (χ0) is 14.2. The van der Waals surface area contributed by atoms with Crippen molar-refractivity contribution in [1.29, 1.82) is 0 Å². The van der Waals surface area contributed by atoms with Gasteiger partial charge >= 0.3 is 11.9 Å². The topological polar surface area (TPSA) is 93.1 Å². The largest absolute Gasteiger partial charge is 0.466 e. The number of fused-ring (bicyclic) bond motifs is 1. The highest BCUT2D eigenvalue weighted by molar-refractivity contribution is 5.83. The van der Waals surface area contributed by atoms with E-state index in [4.69, 9.17) is 9.47 Å². The molecule has 1 saturated heterocycles. The van der Waals surface area contributed by atoms with Gasteiger partial charge in [-0.3, -0.25) is 9.59 Å². The molecule has 0 aromatic carbocycles. The summed E-state index contributed by atoms with van der Waals surface area (Å²) >= 11 is 0. The van der Waals surface area contributed by atoms with Gasteiger partial charge in [0, 0.05) is 5.92 Å². The van der Waals surface area contributed by atoms with Crippen molar-refractivity contribution in [2.24, 2.45) is 17.8 Å². The number of carbonyl (C=O) groups excluding carboxylic acids is 2. The molecular formula is C13H20O6. The van der Waals surface area contributed by atoms with Crippen molar-refractivity contribution in [2.45, 2.75) is 45.0 Å². The summed E-state index contributed by atoms with van der Waals surface area (Å²) < 4.78 is 10.1. The molecule has 2 aliphatic rings. The fourth-order valence-electron chi connectivity index (χ4n) is 3.17. The number of hydrogen-bond donors (Lipinski definition) is 2. The first kappa shape index (κ1) is 14.3. The number of aliphatic hydroxyl groups is 2. The molecule has 2 N–H and O–H groups in total. The lowest BCUT2D eigenvalue weighted by Crippen LogP contribution is -2.55. The summed E-state index contributed by atoms with van der Waals surface area (Å²) in [5.74, 6) is -2.88. The Balaban J connectivity index is 2.25. The number of rotatable bonds is 2. The maximum Gasteiger partial charge on any atom is 0.310 e. The van der Waals surface area contributed by atoms with Crippen molar-refractivity contribution in [3.8, 4) is 0 Å². The lowest BCUT2D eigenvalue weighted by atomic mass is 9.66. The van der Waals surface area contributed by atoms with Crippen molar-refractivity contribution in [3.05, 3.63) is 0 Å². The third-order valence-electron chi connectivity index (χ3n) is 4.01. The number of esters is 2. The summed E-state index contributed by atoms with van der Waals surface area (Å²) in [6, 6.07) is 0. The molecule has 0 spiro atoms. The molecule has 0 amide bonds. The first-order valence-corrected chi connectivity index (χ1v) is 6.69. The van der Waals surface area contributed by atoms with Gasteiger partial charge in [-0.25, -0.2) is 0 Å². The Hall–Kier alpha value is -1.14. The molecule has 6 heteroatoms. The molecule has 108 valence electrons. The molecule has 0 bridgehead atoms. The number of carbonyl (C=O) groups is 2. The fraction of sp³-hybridized carbons (Fsp3) is 0.846. The summed E-state index contributed by atoms with van der Waals surface area (Å²) in [5, 5.41) is 19.9. The van der Waals surface area contributed by atoms with Crippen LogP contribution >= 0.6 is 0 Å². The van der Waals surface area contributed by atoms with Crippen molar-refractivity contribution in [2.75, 3.05) is 6.61 Å². The minimum absolute atomic E-state index is 0.0324. The van der Waals surface area contributed by atoms with E-state index in [0.29, 0.717) is 6.42 Å². The summed E-state index contributed by atoms with van der Waals surface area (Å²) in [5.41, 5.74) is 0. The highest BCUT2D eigenvalue weighted by atomic mass is 16.5. The van der Waals surface area contributed by atoms with Crippen LogP contribution < -0.4 is 0 Å². The van der Waals surface area contributed by atoms with Crippen LogP contribution in [0.2, 0.25) is 0 Å². The Morgan fingerprint density at radius 2 is 2.11 bits per heavy atom. The van der Waals surface area contributed by atoms with Gasteiger partial charge in [-0.05, 0) is 26.7 Å². The molecule has 0 aromatic heterocycles. The quantitative estimate of drug-likeness (QED) is 0.680. The number of aliphatic hydroxyl groups excluding tert-OH is 2. The van der Waals surface area contributed by atoms with Gasteiger partial charge in [0.1, 0.15) is 0 Å². The van der Waals surface area contributed by atoms with Crippen LogP contribution in [-0.4, -0.2) is 47.1 Å². The van der Waals surface area contributed by atoms with Gasteiger partial charge in [0.05, 0.1) is 36.8 Å². The third kappa shape index (κ3) is 2.60. The van der Waals surface area contributed by atoms with Crippen molar-refractivity contribution in [1.82, 2.24) is 0 Å². The Kier molecular flexibility index (Phi) is 4.10. The molecule has 1 saturated carbocycles. The first-order valence-electron chi connectivity index (χ1n) is 6.69. The normalized spacial score (nSPS) is 42.2. The molecule has 1 heterocycles. The van der Waals surface area contributed by atoms with E-state index in [2.05, 4.69) is 0 Å². The van der Waals surface area contributed by atoms with E-state index in [-0.39, 0.29) is 19.1 Å². The van der Waals surface area contributed by atoms with Crippen LogP contribution in [0.25, 0.3) is 0 Å². The Labute approximate surface area is 111 Å². The molecule has 6 atom stereocenters. The van der Waals surface area contributed by atoms with Gasteiger partial charge < -0.3 is 19.7 Å². The molecule has 1 aliphatic heterocycles. The summed E-state index contributed by atoms with van der Waals surface area (Å²) in [6.07, 6.45) is -1.83. The molecular weight excluding hydrogens is 252 g/mol. The molecule has 0 radical (unpaired) electrons. The summed E-state index contributed by atoms with van der Waals surface area (Å²) in [6.45, 7) is 3.64. The molecule has 0 aromatic rings. The van der Waals surface area contributed by atoms with E-state index in [1.165, 1.54) is 0 Å². The third-order valence-corrected chi connectivity index (χ3v) is 4.01. The average molecular weight is 272 g/mol. The molecule has 2 fully saturated rings. The molecule has 1 unspecified atom stereocenters. The van der Waals surface area contributed by atoms with E-state index >= 15 is 0 Å². The maximum absolute atomic E-state index is 12.0. The molecule has 19 heavy (non-hydrogen) atoms. The van der Waals surface area contributed by atoms with Crippen LogP contribution in [0, 0.1) is 17.8 Å². The van der Waals surface area contributed by atoms with Crippen LogP contribution in [0.1, 0.15) is 26.7 Å². The molecule has 6 nitrogen and oxygen atoms in total. The zero-order valence-corrected chi connectivity index (χ0v) is 11.1. The van der Waals surface area contributed by atoms with Crippen LogP contribution in [-0.2, 0) is 19.1 Å². The van der Waals surface area contributed by atoms with E-state index in [1.54, 1.807) is 13.8 Å². The predicted molar refractivity (Wildman–Crippen MR) is 63.9 cm³/mol. The summed E-state index contributed by atoms with van der Waals surface area (Å²) in [4.78, 5) is 23.9. The van der Waals surface area contributed by atoms with Gasteiger partial charge in [0.25, 0.3) is 0 Å². The van der Waals surface area contributed by atoms with Crippen LogP contribution in [0.15, 0.2) is 0 Å². The second kappa shape index (κ2) is 5.46. The molecule has 1 aliphatic carbocycles. The number of hydrogen-bond acceptors (Lipinski definition) is 6. The SMILES string of the molecule is CCOC(=O)[C@@H]1CC(O)[C@H](O)[C@H]2C[C@@H](C)OC(=O)[C@H]21. The van der Waals surface area contributed by atoms with Crippen molar-refractivity contribution in [3.63, 3.8) is 0 Å². The average Bonchev–Trinajstić information content (AvgIpc) is 2.34. The van der Waals surface area contributed by atoms with Crippen molar-refractivity contribution >= 4 is 11.9 Å². The predicted octanol–water partition coefficient (Wildman–Crippen LogP) is -0.141. The van der Waals surface area contributed by atoms with Crippen LogP contribution in [0.3, 0.4) is 0 Å². The lowest BCUT2D eigenvalue weighted by molar-refractivity contribution is -0.193. The summed E-state index contributed by atoms with van der Waals surface area (Å²) in [7, 11) is 0.